The molecule has 2 N–H and O–H groups in total. The molecule has 2 aromatic carbocycles. The first-order valence-corrected chi connectivity index (χ1v) is 7.29. The van der Waals surface area contributed by atoms with E-state index in [1.54, 1.807) is 0 Å². The van der Waals surface area contributed by atoms with Crippen LogP contribution in [0.15, 0.2) is 42.5 Å². The first-order valence-electron chi connectivity index (χ1n) is 7.29. The second-order valence-corrected chi connectivity index (χ2v) is 5.48. The van der Waals surface area contributed by atoms with Crippen molar-refractivity contribution in [2.75, 3.05) is 13.1 Å². The van der Waals surface area contributed by atoms with Gasteiger partial charge in [-0.05, 0) is 49.2 Å². The number of piperidine rings is 1. The smallest absolute Gasteiger partial charge is 0.0300 e. The molecule has 100 valence electrons. The summed E-state index contributed by atoms with van der Waals surface area (Å²) in [6, 6.07) is 16.3. The van der Waals surface area contributed by atoms with Crippen LogP contribution >= 0.6 is 0 Å². The van der Waals surface area contributed by atoms with E-state index in [0.717, 1.165) is 13.1 Å². The Kier molecular flexibility index (Phi) is 3.81. The third kappa shape index (κ3) is 2.80. The van der Waals surface area contributed by atoms with Crippen LogP contribution in [-0.2, 0) is 0 Å². The van der Waals surface area contributed by atoms with Crippen LogP contribution in [0.25, 0.3) is 10.8 Å². The van der Waals surface area contributed by atoms with Crippen LogP contribution in [0.4, 0.5) is 0 Å². The molecule has 1 fully saturated rings. The summed E-state index contributed by atoms with van der Waals surface area (Å²) >= 11 is 0. The molecule has 3 rings (SSSR count). The molecule has 0 saturated carbocycles. The molecule has 0 radical (unpaired) electrons. The molecule has 0 aromatic heterocycles. The van der Waals surface area contributed by atoms with Crippen molar-refractivity contribution in [1.29, 1.82) is 0 Å². The lowest BCUT2D eigenvalue weighted by Gasteiger charge is -2.28. The molecule has 1 aliphatic heterocycles. The number of benzene rings is 2. The molecule has 2 heteroatoms. The summed E-state index contributed by atoms with van der Waals surface area (Å²) in [6.45, 7) is 4.56. The van der Waals surface area contributed by atoms with Gasteiger partial charge in [0.05, 0.1) is 0 Å². The minimum atomic E-state index is 0.411. The molecule has 0 bridgehead atoms. The zero-order valence-electron chi connectivity index (χ0n) is 11.5. The van der Waals surface area contributed by atoms with Crippen LogP contribution in [0.5, 0.6) is 0 Å². The van der Waals surface area contributed by atoms with Crippen molar-refractivity contribution >= 4 is 10.8 Å². The molecule has 19 heavy (non-hydrogen) atoms. The first-order chi connectivity index (χ1) is 9.34. The van der Waals surface area contributed by atoms with Crippen LogP contribution in [0.2, 0.25) is 0 Å². The summed E-state index contributed by atoms with van der Waals surface area (Å²) in [5, 5.41) is 9.91. The molecule has 2 aromatic rings. The molecule has 1 atom stereocenters. The number of nitrogens with one attached hydrogen (secondary N) is 2. The van der Waals surface area contributed by atoms with E-state index >= 15 is 0 Å². The van der Waals surface area contributed by atoms with Crippen LogP contribution in [0.3, 0.4) is 0 Å². The molecule has 1 aliphatic rings. The lowest BCUT2D eigenvalue weighted by Crippen LogP contribution is -2.40. The Hall–Kier alpha value is -1.38. The summed E-state index contributed by atoms with van der Waals surface area (Å²) in [5.74, 6) is 0. The second-order valence-electron chi connectivity index (χ2n) is 5.48. The van der Waals surface area contributed by atoms with Crippen molar-refractivity contribution in [2.45, 2.75) is 31.8 Å². The van der Waals surface area contributed by atoms with Gasteiger partial charge in [0.25, 0.3) is 0 Å². The van der Waals surface area contributed by atoms with Gasteiger partial charge in [0.1, 0.15) is 0 Å². The Bertz CT molecular complexity index is 538. The summed E-state index contributed by atoms with van der Waals surface area (Å²) in [6.07, 6.45) is 2.46. The molecule has 2 nitrogen and oxygen atoms in total. The number of fused-ring (bicyclic) bond motifs is 1. The summed E-state index contributed by atoms with van der Waals surface area (Å²) < 4.78 is 0. The third-order valence-corrected chi connectivity index (χ3v) is 4.11. The topological polar surface area (TPSA) is 24.1 Å². The monoisotopic (exact) mass is 254 g/mol. The lowest BCUT2D eigenvalue weighted by molar-refractivity contribution is 0.360. The average Bonchev–Trinajstić information content (AvgIpc) is 2.47. The van der Waals surface area contributed by atoms with Gasteiger partial charge in [0, 0.05) is 12.1 Å². The quantitative estimate of drug-likeness (QED) is 0.878. The third-order valence-electron chi connectivity index (χ3n) is 4.11. The molecular weight excluding hydrogens is 232 g/mol. The van der Waals surface area contributed by atoms with E-state index in [1.165, 1.54) is 29.2 Å². The Morgan fingerprint density at radius 1 is 1.05 bits per heavy atom. The minimum absolute atomic E-state index is 0.411. The van der Waals surface area contributed by atoms with E-state index in [1.807, 2.05) is 0 Å². The molecule has 0 spiro atoms. The molecule has 1 unspecified atom stereocenters. The van der Waals surface area contributed by atoms with Crippen molar-refractivity contribution in [3.05, 3.63) is 48.0 Å². The van der Waals surface area contributed by atoms with Crippen molar-refractivity contribution < 1.29 is 0 Å². The maximum absolute atomic E-state index is 3.79. The number of hydrogen-bond donors (Lipinski definition) is 2. The van der Waals surface area contributed by atoms with Crippen LogP contribution < -0.4 is 10.6 Å². The zero-order chi connectivity index (χ0) is 13.1. The van der Waals surface area contributed by atoms with Gasteiger partial charge in [0.2, 0.25) is 0 Å². The highest BCUT2D eigenvalue weighted by Gasteiger charge is 2.16. The molecular formula is C17H22N2. The van der Waals surface area contributed by atoms with Gasteiger partial charge in [-0.15, -0.1) is 0 Å². The first kappa shape index (κ1) is 12.6. The zero-order valence-corrected chi connectivity index (χ0v) is 11.5. The summed E-state index contributed by atoms with van der Waals surface area (Å²) in [4.78, 5) is 0. The van der Waals surface area contributed by atoms with E-state index in [-0.39, 0.29) is 0 Å². The fourth-order valence-electron chi connectivity index (χ4n) is 3.06. The molecule has 0 amide bonds. The molecule has 1 saturated heterocycles. The van der Waals surface area contributed by atoms with Gasteiger partial charge < -0.3 is 10.6 Å². The summed E-state index contributed by atoms with van der Waals surface area (Å²) in [5.41, 5.74) is 1.41. The van der Waals surface area contributed by atoms with Gasteiger partial charge in [0.15, 0.2) is 0 Å². The van der Waals surface area contributed by atoms with E-state index in [0.29, 0.717) is 12.1 Å². The number of rotatable bonds is 3. The lowest BCUT2D eigenvalue weighted by atomic mass is 9.98. The Balaban J connectivity index is 1.82. The van der Waals surface area contributed by atoms with Gasteiger partial charge in [-0.3, -0.25) is 0 Å². The van der Waals surface area contributed by atoms with Gasteiger partial charge in [-0.2, -0.15) is 0 Å². The van der Waals surface area contributed by atoms with E-state index in [2.05, 4.69) is 60.0 Å². The Labute approximate surface area is 115 Å². The second kappa shape index (κ2) is 5.72. The minimum Gasteiger partial charge on any atom is -0.317 e. The van der Waals surface area contributed by atoms with Crippen LogP contribution in [0.1, 0.15) is 31.4 Å². The van der Waals surface area contributed by atoms with Crippen LogP contribution in [-0.4, -0.2) is 19.1 Å². The maximum Gasteiger partial charge on any atom is 0.0300 e. The SMILES string of the molecule is CC(NC1CCNCC1)c1cccc2ccccc12. The Morgan fingerprint density at radius 3 is 2.63 bits per heavy atom. The highest BCUT2D eigenvalue weighted by Crippen LogP contribution is 2.24. The highest BCUT2D eigenvalue weighted by molar-refractivity contribution is 5.86. The largest absolute Gasteiger partial charge is 0.317 e. The Morgan fingerprint density at radius 2 is 1.79 bits per heavy atom. The summed E-state index contributed by atoms with van der Waals surface area (Å²) in [7, 11) is 0. The van der Waals surface area contributed by atoms with Crippen molar-refractivity contribution in [1.82, 2.24) is 10.6 Å². The number of hydrogen-bond acceptors (Lipinski definition) is 2. The highest BCUT2D eigenvalue weighted by atomic mass is 15.0. The van der Waals surface area contributed by atoms with Crippen LogP contribution in [0, 0.1) is 0 Å². The van der Waals surface area contributed by atoms with Gasteiger partial charge in [-0.25, -0.2) is 0 Å². The molecule has 1 heterocycles. The predicted molar refractivity (Wildman–Crippen MR) is 81.4 cm³/mol. The fourth-order valence-corrected chi connectivity index (χ4v) is 3.06. The van der Waals surface area contributed by atoms with E-state index in [4.69, 9.17) is 0 Å². The van der Waals surface area contributed by atoms with E-state index in [9.17, 15) is 0 Å². The van der Waals surface area contributed by atoms with Gasteiger partial charge >= 0.3 is 0 Å². The standard InChI is InChI=1S/C17H22N2/c1-13(19-15-9-11-18-12-10-15)16-8-4-6-14-5-2-3-7-17(14)16/h2-8,13,15,18-19H,9-12H2,1H3. The van der Waals surface area contributed by atoms with Crippen molar-refractivity contribution in [2.24, 2.45) is 0 Å². The van der Waals surface area contributed by atoms with Crippen molar-refractivity contribution in [3.63, 3.8) is 0 Å². The normalized spacial score (nSPS) is 18.6. The fraction of sp³-hybridized carbons (Fsp3) is 0.412. The van der Waals surface area contributed by atoms with Gasteiger partial charge in [-0.1, -0.05) is 42.5 Å². The average molecular weight is 254 g/mol. The molecule has 0 aliphatic carbocycles. The van der Waals surface area contributed by atoms with Crippen molar-refractivity contribution in [3.8, 4) is 0 Å². The predicted octanol–water partition coefficient (Wildman–Crippen LogP) is 3.24. The van der Waals surface area contributed by atoms with E-state index < -0.39 is 0 Å². The maximum atomic E-state index is 3.79.